The molecule has 0 aliphatic heterocycles. The largest absolute Gasteiger partial charge is 0.465 e. The Balaban J connectivity index is 3.19. The monoisotopic (exact) mass is 241 g/mol. The van der Waals surface area contributed by atoms with Gasteiger partial charge in [0, 0.05) is 6.92 Å². The third kappa shape index (κ3) is 2.30. The molecule has 0 spiro atoms. The highest BCUT2D eigenvalue weighted by atomic mass is 16.6. The highest BCUT2D eigenvalue weighted by Crippen LogP contribution is 2.19. The van der Waals surface area contributed by atoms with E-state index in [9.17, 15) is 9.59 Å². The van der Waals surface area contributed by atoms with Crippen LogP contribution >= 0.6 is 0 Å². The topological polar surface area (TPSA) is 61.4 Å². The highest BCUT2D eigenvalue weighted by Gasteiger charge is 2.50. The van der Waals surface area contributed by atoms with Crippen molar-refractivity contribution < 1.29 is 23.6 Å². The fraction of sp³-hybridized carbons (Fsp3) is 0.545. The maximum Gasteiger partial charge on any atom is 0.366 e. The van der Waals surface area contributed by atoms with Gasteiger partial charge < -0.3 is 9.47 Å². The zero-order chi connectivity index (χ0) is 13.1. The maximum absolute atomic E-state index is 11.9. The quantitative estimate of drug-likeness (QED) is 0.415. The average Bonchev–Trinajstić information content (AvgIpc) is 2.74. The van der Waals surface area contributed by atoms with E-state index in [1.54, 1.807) is 37.3 Å². The molecule has 0 aliphatic carbocycles. The number of imidazole rings is 1. The van der Waals surface area contributed by atoms with Crippen LogP contribution in [0.4, 0.5) is 0 Å². The summed E-state index contributed by atoms with van der Waals surface area (Å²) < 4.78 is 12.8. The maximum atomic E-state index is 11.9. The predicted octanol–water partition coefficient (Wildman–Crippen LogP) is -0.236. The minimum absolute atomic E-state index is 0.207. The van der Waals surface area contributed by atoms with Gasteiger partial charge >= 0.3 is 17.5 Å². The van der Waals surface area contributed by atoms with Gasteiger partial charge in [-0.1, -0.05) is 0 Å². The summed E-state index contributed by atoms with van der Waals surface area (Å²) in [4.78, 5) is 23.7. The lowest BCUT2D eigenvalue weighted by atomic mass is 10.0. The summed E-state index contributed by atoms with van der Waals surface area (Å²) in [6.07, 6.45) is 4.96. The first kappa shape index (κ1) is 13.2. The van der Waals surface area contributed by atoms with E-state index < -0.39 is 17.5 Å². The molecule has 6 nitrogen and oxygen atoms in total. The summed E-state index contributed by atoms with van der Waals surface area (Å²) in [5.41, 5.74) is -1.49. The van der Waals surface area contributed by atoms with Crippen LogP contribution in [0.15, 0.2) is 18.7 Å². The lowest BCUT2D eigenvalue weighted by Crippen LogP contribution is -2.48. The van der Waals surface area contributed by atoms with Crippen LogP contribution in [0.25, 0.3) is 0 Å². The molecule has 1 heterocycles. The molecule has 1 atom stereocenters. The smallest absolute Gasteiger partial charge is 0.366 e. The molecule has 6 heteroatoms. The zero-order valence-electron chi connectivity index (χ0n) is 10.5. The number of ether oxygens (including phenoxy) is 2. The van der Waals surface area contributed by atoms with Gasteiger partial charge in [-0.05, 0) is 6.92 Å². The number of aryl methyl sites for hydroxylation is 1. The Morgan fingerprint density at radius 2 is 2.06 bits per heavy atom. The van der Waals surface area contributed by atoms with Crippen molar-refractivity contribution in [1.29, 1.82) is 0 Å². The van der Waals surface area contributed by atoms with Crippen LogP contribution in [-0.4, -0.2) is 30.2 Å². The van der Waals surface area contributed by atoms with Gasteiger partial charge in [0.2, 0.25) is 6.33 Å². The number of carbonyl (C=O) groups is 2. The lowest BCUT2D eigenvalue weighted by Gasteiger charge is -2.20. The van der Waals surface area contributed by atoms with Gasteiger partial charge in [0.05, 0.1) is 20.8 Å². The molecule has 0 bridgehead atoms. The van der Waals surface area contributed by atoms with Gasteiger partial charge in [0.1, 0.15) is 12.4 Å². The van der Waals surface area contributed by atoms with Gasteiger partial charge in [-0.3, -0.25) is 0 Å². The molecule has 94 valence electrons. The molecule has 0 aliphatic rings. The number of hydrogen-bond acceptors (Lipinski definition) is 4. The molecule has 0 fully saturated rings. The van der Waals surface area contributed by atoms with Crippen molar-refractivity contribution in [3.05, 3.63) is 18.7 Å². The molecule has 17 heavy (non-hydrogen) atoms. The van der Waals surface area contributed by atoms with Crippen molar-refractivity contribution >= 4 is 11.9 Å². The number of aromatic nitrogens is 2. The van der Waals surface area contributed by atoms with Crippen molar-refractivity contribution in [3.8, 4) is 0 Å². The molecule has 0 amide bonds. The predicted molar refractivity (Wildman–Crippen MR) is 57.9 cm³/mol. The second-order valence-corrected chi connectivity index (χ2v) is 3.77. The van der Waals surface area contributed by atoms with Crippen molar-refractivity contribution in [2.75, 3.05) is 13.7 Å². The average molecular weight is 241 g/mol. The van der Waals surface area contributed by atoms with E-state index in [4.69, 9.17) is 4.74 Å². The Morgan fingerprint density at radius 3 is 2.47 bits per heavy atom. The Morgan fingerprint density at radius 1 is 1.41 bits per heavy atom. The molecule has 0 saturated carbocycles. The molecule has 0 N–H and O–H groups in total. The third-order valence-electron chi connectivity index (χ3n) is 2.54. The fourth-order valence-corrected chi connectivity index (χ4v) is 1.48. The Bertz CT molecular complexity index is 427. The highest BCUT2D eigenvalue weighted by molar-refractivity contribution is 6.01. The van der Waals surface area contributed by atoms with Crippen LogP contribution < -0.4 is 4.57 Å². The Labute approximate surface area is 99.7 Å². The van der Waals surface area contributed by atoms with E-state index in [0.717, 1.165) is 0 Å². The van der Waals surface area contributed by atoms with Crippen LogP contribution in [0.1, 0.15) is 13.8 Å². The Hall–Kier alpha value is -1.85. The van der Waals surface area contributed by atoms with Gasteiger partial charge in [-0.15, -0.1) is 0 Å². The molecule has 1 aromatic rings. The number of hydrogen-bond donors (Lipinski definition) is 0. The van der Waals surface area contributed by atoms with Crippen LogP contribution in [0.2, 0.25) is 0 Å². The first-order valence-electron chi connectivity index (χ1n) is 5.26. The van der Waals surface area contributed by atoms with E-state index in [1.165, 1.54) is 18.6 Å². The van der Waals surface area contributed by atoms with Gasteiger partial charge in [-0.25, -0.2) is 18.7 Å². The number of esters is 2. The van der Waals surface area contributed by atoms with Crippen molar-refractivity contribution in [3.63, 3.8) is 0 Å². The van der Waals surface area contributed by atoms with Gasteiger partial charge in [-0.2, -0.15) is 0 Å². The van der Waals surface area contributed by atoms with E-state index in [1.807, 2.05) is 0 Å². The summed E-state index contributed by atoms with van der Waals surface area (Å²) in [6.45, 7) is 3.36. The molecular weight excluding hydrogens is 224 g/mol. The first-order chi connectivity index (χ1) is 7.96. The molecule has 1 unspecified atom stereocenters. The minimum Gasteiger partial charge on any atom is -0.465 e. The standard InChI is InChI=1S/C11H17N2O4/c1-5-17-10(15)11(2,9(14)16-4)13-7-6-12(3)8-13/h6-8H,5H2,1-4H3/q+1. The second kappa shape index (κ2) is 4.99. The molecule has 0 aromatic carbocycles. The van der Waals surface area contributed by atoms with Crippen molar-refractivity contribution in [2.24, 2.45) is 7.05 Å². The first-order valence-corrected chi connectivity index (χ1v) is 5.26. The molecule has 0 saturated heterocycles. The zero-order valence-corrected chi connectivity index (χ0v) is 10.5. The third-order valence-corrected chi connectivity index (χ3v) is 2.54. The fourth-order valence-electron chi connectivity index (χ4n) is 1.48. The van der Waals surface area contributed by atoms with Gasteiger partial charge in [0.15, 0.2) is 0 Å². The summed E-state index contributed by atoms with van der Waals surface area (Å²) in [5.74, 6) is -1.30. The van der Waals surface area contributed by atoms with Crippen molar-refractivity contribution in [2.45, 2.75) is 19.4 Å². The SMILES string of the molecule is CCOC(=O)C(C)(C(=O)OC)n1cc[n+](C)c1. The van der Waals surface area contributed by atoms with E-state index in [2.05, 4.69) is 4.74 Å². The molecule has 0 radical (unpaired) electrons. The normalized spacial score (nSPS) is 13.9. The second-order valence-electron chi connectivity index (χ2n) is 3.77. The van der Waals surface area contributed by atoms with Gasteiger partial charge in [0.25, 0.3) is 0 Å². The summed E-state index contributed by atoms with van der Waals surface area (Å²) >= 11 is 0. The number of rotatable bonds is 4. The van der Waals surface area contributed by atoms with Crippen LogP contribution in [0.5, 0.6) is 0 Å². The van der Waals surface area contributed by atoms with Crippen LogP contribution in [-0.2, 0) is 31.6 Å². The summed E-state index contributed by atoms with van der Waals surface area (Å²) in [7, 11) is 3.03. The number of nitrogens with zero attached hydrogens (tertiary/aromatic N) is 2. The minimum atomic E-state index is -1.49. The van der Waals surface area contributed by atoms with Crippen LogP contribution in [0.3, 0.4) is 0 Å². The lowest BCUT2D eigenvalue weighted by molar-refractivity contribution is -0.671. The van der Waals surface area contributed by atoms with E-state index in [0.29, 0.717) is 0 Å². The molecule has 1 rings (SSSR count). The summed E-state index contributed by atoms with van der Waals surface area (Å²) in [6, 6.07) is 0. The van der Waals surface area contributed by atoms with Crippen LogP contribution in [0, 0.1) is 0 Å². The van der Waals surface area contributed by atoms with E-state index >= 15 is 0 Å². The van der Waals surface area contributed by atoms with Crippen molar-refractivity contribution in [1.82, 2.24) is 4.57 Å². The molecule has 1 aromatic heterocycles. The summed E-state index contributed by atoms with van der Waals surface area (Å²) in [5, 5.41) is 0. The number of methoxy groups -OCH3 is 1. The molecular formula is C11H17N2O4+. The van der Waals surface area contributed by atoms with E-state index in [-0.39, 0.29) is 6.61 Å². The Kier molecular flexibility index (Phi) is 3.88. The number of carbonyl (C=O) groups excluding carboxylic acids is 2.